The summed E-state index contributed by atoms with van der Waals surface area (Å²) in [4.78, 5) is 4.92. The number of fused-ring (bicyclic) bond motifs is 4. The van der Waals surface area contributed by atoms with E-state index in [1.165, 1.54) is 79.7 Å². The van der Waals surface area contributed by atoms with Gasteiger partial charge >= 0.3 is 0 Å². The summed E-state index contributed by atoms with van der Waals surface area (Å²) in [7, 11) is 0. The Labute approximate surface area is 200 Å². The Balaban J connectivity index is 1.52. The summed E-state index contributed by atoms with van der Waals surface area (Å²) in [6.45, 7) is 6.91. The van der Waals surface area contributed by atoms with Crippen molar-refractivity contribution in [3.8, 4) is 11.3 Å². The normalized spacial score (nSPS) is 15.2. The number of aromatic nitrogens is 1. The van der Waals surface area contributed by atoms with Crippen LogP contribution >= 0.6 is 11.3 Å². The van der Waals surface area contributed by atoms with Crippen molar-refractivity contribution in [2.45, 2.75) is 58.3 Å². The molecule has 2 heterocycles. The number of rotatable bonds is 3. The minimum atomic E-state index is 0.0683. The molecule has 1 aliphatic rings. The van der Waals surface area contributed by atoms with Crippen LogP contribution in [0.4, 0.5) is 0 Å². The summed E-state index contributed by atoms with van der Waals surface area (Å²) < 4.78 is 2.70. The van der Waals surface area contributed by atoms with E-state index in [1.807, 2.05) is 17.5 Å². The highest BCUT2D eigenvalue weighted by Crippen LogP contribution is 2.42. The number of thiophene rings is 1. The first-order valence-electron chi connectivity index (χ1n) is 12.3. The molecule has 1 nitrogen and oxygen atoms in total. The predicted octanol–water partition coefficient (Wildman–Crippen LogP) is 9.30. The zero-order valence-corrected chi connectivity index (χ0v) is 20.6. The zero-order valence-electron chi connectivity index (χ0n) is 19.8. The molecule has 0 spiro atoms. The molecule has 0 aliphatic heterocycles. The molecule has 1 saturated carbocycles. The highest BCUT2D eigenvalue weighted by molar-refractivity contribution is 7.26. The molecular formula is C31H31NS. The quantitative estimate of drug-likeness (QED) is 0.267. The number of pyridine rings is 1. The number of hydrogen-bond acceptors (Lipinski definition) is 2. The van der Waals surface area contributed by atoms with Gasteiger partial charge in [0.25, 0.3) is 0 Å². The summed E-state index contributed by atoms with van der Waals surface area (Å²) in [5.41, 5.74) is 5.29. The van der Waals surface area contributed by atoms with Gasteiger partial charge in [-0.25, -0.2) is 0 Å². The number of hydrogen-bond donors (Lipinski definition) is 0. The van der Waals surface area contributed by atoms with Crippen molar-refractivity contribution < 1.29 is 0 Å². The fourth-order valence-corrected chi connectivity index (χ4v) is 6.97. The molecule has 2 heteroatoms. The Hall–Kier alpha value is -2.71. The number of benzene rings is 3. The Kier molecular flexibility index (Phi) is 5.03. The number of nitrogens with zero attached hydrogens (tertiary/aromatic N) is 1. The monoisotopic (exact) mass is 449 g/mol. The van der Waals surface area contributed by atoms with Crippen molar-refractivity contribution in [1.82, 2.24) is 4.98 Å². The molecule has 1 aliphatic carbocycles. The maximum absolute atomic E-state index is 4.92. The molecular weight excluding hydrogens is 418 g/mol. The summed E-state index contributed by atoms with van der Waals surface area (Å²) in [5, 5.41) is 5.33. The van der Waals surface area contributed by atoms with Crippen LogP contribution in [-0.2, 0) is 11.8 Å². The van der Waals surface area contributed by atoms with Gasteiger partial charge in [-0.2, -0.15) is 0 Å². The molecule has 0 unspecified atom stereocenters. The zero-order chi connectivity index (χ0) is 22.6. The fourth-order valence-electron chi connectivity index (χ4n) is 5.70. The van der Waals surface area contributed by atoms with E-state index >= 15 is 0 Å². The van der Waals surface area contributed by atoms with Crippen LogP contribution in [0, 0.1) is 5.92 Å². The molecule has 6 rings (SSSR count). The van der Waals surface area contributed by atoms with E-state index < -0.39 is 0 Å². The van der Waals surface area contributed by atoms with Gasteiger partial charge in [0.1, 0.15) is 0 Å². The summed E-state index contributed by atoms with van der Waals surface area (Å²) in [6, 6.07) is 22.8. The SMILES string of the molecule is CC(C)(C)c1cc(-c2nccc3c2sc2cc(CC4CCCC4)ccc23)cc2ccccc12. The highest BCUT2D eigenvalue weighted by Gasteiger charge is 2.20. The Bertz CT molecular complexity index is 1480. The van der Waals surface area contributed by atoms with Gasteiger partial charge < -0.3 is 0 Å². The Morgan fingerprint density at radius 3 is 2.52 bits per heavy atom. The van der Waals surface area contributed by atoms with Crippen molar-refractivity contribution in [1.29, 1.82) is 0 Å². The average Bonchev–Trinajstić information content (AvgIpc) is 3.44. The third-order valence-corrected chi connectivity index (χ3v) is 8.57. The van der Waals surface area contributed by atoms with Gasteiger partial charge in [0.05, 0.1) is 10.4 Å². The lowest BCUT2D eigenvalue weighted by molar-refractivity contribution is 0.547. The molecule has 1 fully saturated rings. The van der Waals surface area contributed by atoms with Crippen molar-refractivity contribution in [3.63, 3.8) is 0 Å². The van der Waals surface area contributed by atoms with Crippen LogP contribution < -0.4 is 0 Å². The van der Waals surface area contributed by atoms with Crippen molar-refractivity contribution in [2.24, 2.45) is 5.92 Å². The third kappa shape index (κ3) is 3.75. The van der Waals surface area contributed by atoms with Gasteiger partial charge in [0, 0.05) is 27.2 Å². The smallest absolute Gasteiger partial charge is 0.0880 e. The standard InChI is InChI=1S/C31H31NS/c1-31(2,3)27-19-23(18-22-10-6-7-11-24(22)27)29-30-26(14-15-32-29)25-13-12-21(17-28(25)33-30)16-20-8-4-5-9-20/h6-7,10-15,17-20H,4-5,8-9,16H2,1-3H3. The van der Waals surface area contributed by atoms with Crippen LogP contribution in [0.15, 0.2) is 66.9 Å². The first-order chi connectivity index (χ1) is 16.0. The minimum absolute atomic E-state index is 0.0683. The second kappa shape index (κ2) is 7.95. The average molecular weight is 450 g/mol. The topological polar surface area (TPSA) is 12.9 Å². The summed E-state index contributed by atoms with van der Waals surface area (Å²) in [6.07, 6.45) is 8.84. The second-order valence-electron chi connectivity index (χ2n) is 10.8. The van der Waals surface area contributed by atoms with E-state index in [-0.39, 0.29) is 5.41 Å². The van der Waals surface area contributed by atoms with Crippen molar-refractivity contribution in [2.75, 3.05) is 0 Å². The lowest BCUT2D eigenvalue weighted by atomic mass is 9.82. The summed E-state index contributed by atoms with van der Waals surface area (Å²) >= 11 is 1.91. The summed E-state index contributed by atoms with van der Waals surface area (Å²) in [5.74, 6) is 0.877. The molecule has 0 radical (unpaired) electrons. The van der Waals surface area contributed by atoms with Gasteiger partial charge in [0.2, 0.25) is 0 Å². The van der Waals surface area contributed by atoms with Gasteiger partial charge in [-0.05, 0) is 63.9 Å². The molecule has 3 aromatic carbocycles. The van der Waals surface area contributed by atoms with Crippen molar-refractivity contribution >= 4 is 42.3 Å². The van der Waals surface area contributed by atoms with Gasteiger partial charge in [-0.3, -0.25) is 4.98 Å². The lowest BCUT2D eigenvalue weighted by Crippen LogP contribution is -2.12. The first-order valence-corrected chi connectivity index (χ1v) is 13.1. The van der Waals surface area contributed by atoms with Crippen LogP contribution in [0.5, 0.6) is 0 Å². The van der Waals surface area contributed by atoms with Gasteiger partial charge in [-0.1, -0.05) is 82.9 Å². The first kappa shape index (κ1) is 20.9. The highest BCUT2D eigenvalue weighted by atomic mass is 32.1. The molecule has 33 heavy (non-hydrogen) atoms. The van der Waals surface area contributed by atoms with E-state index in [1.54, 1.807) is 0 Å². The largest absolute Gasteiger partial charge is 0.255 e. The predicted molar refractivity (Wildman–Crippen MR) is 144 cm³/mol. The van der Waals surface area contributed by atoms with Gasteiger partial charge in [0.15, 0.2) is 0 Å². The minimum Gasteiger partial charge on any atom is -0.255 e. The third-order valence-electron chi connectivity index (χ3n) is 7.40. The van der Waals surface area contributed by atoms with E-state index in [9.17, 15) is 0 Å². The van der Waals surface area contributed by atoms with Crippen LogP contribution in [0.1, 0.15) is 57.6 Å². The Morgan fingerprint density at radius 1 is 0.879 bits per heavy atom. The molecule has 5 aromatic rings. The molecule has 0 amide bonds. The van der Waals surface area contributed by atoms with E-state index in [0.717, 1.165) is 11.6 Å². The van der Waals surface area contributed by atoms with E-state index in [2.05, 4.69) is 81.4 Å². The molecule has 0 bridgehead atoms. The Morgan fingerprint density at radius 2 is 1.70 bits per heavy atom. The van der Waals surface area contributed by atoms with E-state index in [4.69, 9.17) is 4.98 Å². The molecule has 0 N–H and O–H groups in total. The maximum atomic E-state index is 4.92. The van der Waals surface area contributed by atoms with Gasteiger partial charge in [-0.15, -0.1) is 11.3 Å². The fraction of sp³-hybridized carbons (Fsp3) is 0.323. The lowest BCUT2D eigenvalue weighted by Gasteiger charge is -2.22. The molecule has 166 valence electrons. The van der Waals surface area contributed by atoms with Crippen LogP contribution in [0.3, 0.4) is 0 Å². The van der Waals surface area contributed by atoms with Crippen LogP contribution in [0.2, 0.25) is 0 Å². The van der Waals surface area contributed by atoms with Crippen LogP contribution in [-0.4, -0.2) is 4.98 Å². The van der Waals surface area contributed by atoms with E-state index in [0.29, 0.717) is 0 Å². The molecule has 0 saturated heterocycles. The maximum Gasteiger partial charge on any atom is 0.0880 e. The van der Waals surface area contributed by atoms with Crippen LogP contribution in [0.25, 0.3) is 42.2 Å². The van der Waals surface area contributed by atoms with Crippen molar-refractivity contribution in [3.05, 3.63) is 78.0 Å². The second-order valence-corrected chi connectivity index (χ2v) is 11.9. The molecule has 2 aromatic heterocycles. The molecule has 0 atom stereocenters.